The average Bonchev–Trinajstić information content (AvgIpc) is 3.01. The number of nitrogens with zero attached hydrogens (tertiary/aromatic N) is 4. The zero-order chi connectivity index (χ0) is 20.5. The zero-order valence-electron chi connectivity index (χ0n) is 15.4. The predicted octanol–water partition coefficient (Wildman–Crippen LogP) is 1.63. The largest absolute Gasteiger partial charge is 0.265 e. The van der Waals surface area contributed by atoms with E-state index in [4.69, 9.17) is 0 Å². The maximum Gasteiger partial charge on any atom is 0.264 e. The number of pyridine rings is 1. The SMILES string of the molecule is Cc1cc(NS(=O)(=O)c2ccccc2S(=O)(=O)N(C)C)n(-c2ccncc2)n1. The number of rotatable bonds is 6. The van der Waals surface area contributed by atoms with Gasteiger partial charge in [-0.15, -0.1) is 0 Å². The topological polar surface area (TPSA) is 114 Å². The van der Waals surface area contributed by atoms with E-state index in [1.54, 1.807) is 37.5 Å². The average molecular weight is 422 g/mol. The number of aromatic nitrogens is 3. The van der Waals surface area contributed by atoms with E-state index in [1.165, 1.54) is 43.0 Å². The minimum absolute atomic E-state index is 0.181. The van der Waals surface area contributed by atoms with Crippen molar-refractivity contribution in [2.24, 2.45) is 0 Å². The Morgan fingerprint density at radius 3 is 2.18 bits per heavy atom. The van der Waals surface area contributed by atoms with Crippen LogP contribution < -0.4 is 4.72 Å². The molecule has 0 saturated carbocycles. The lowest BCUT2D eigenvalue weighted by Gasteiger charge is -2.16. The molecule has 148 valence electrons. The van der Waals surface area contributed by atoms with Crippen molar-refractivity contribution in [1.29, 1.82) is 0 Å². The normalized spacial score (nSPS) is 12.3. The van der Waals surface area contributed by atoms with E-state index in [2.05, 4.69) is 14.8 Å². The molecule has 0 atom stereocenters. The van der Waals surface area contributed by atoms with Crippen molar-refractivity contribution >= 4 is 25.9 Å². The lowest BCUT2D eigenvalue weighted by Crippen LogP contribution is -2.25. The smallest absolute Gasteiger partial charge is 0.264 e. The molecule has 0 saturated heterocycles. The lowest BCUT2D eigenvalue weighted by atomic mass is 10.4. The Kier molecular flexibility index (Phi) is 5.24. The van der Waals surface area contributed by atoms with E-state index in [0.29, 0.717) is 11.4 Å². The van der Waals surface area contributed by atoms with Gasteiger partial charge in [0.2, 0.25) is 10.0 Å². The lowest BCUT2D eigenvalue weighted by molar-refractivity contribution is 0.517. The Balaban J connectivity index is 2.09. The number of benzene rings is 1. The van der Waals surface area contributed by atoms with Crippen LogP contribution in [0, 0.1) is 6.92 Å². The van der Waals surface area contributed by atoms with Gasteiger partial charge in [-0.25, -0.2) is 25.8 Å². The van der Waals surface area contributed by atoms with E-state index < -0.39 is 20.0 Å². The highest BCUT2D eigenvalue weighted by molar-refractivity contribution is 7.94. The maximum absolute atomic E-state index is 13.0. The van der Waals surface area contributed by atoms with Crippen LogP contribution in [0.2, 0.25) is 0 Å². The summed E-state index contributed by atoms with van der Waals surface area (Å²) in [7, 11) is -5.48. The molecule has 0 aliphatic heterocycles. The Morgan fingerprint density at radius 1 is 0.964 bits per heavy atom. The molecule has 0 unspecified atom stereocenters. The number of hydrogen-bond donors (Lipinski definition) is 1. The predicted molar refractivity (Wildman–Crippen MR) is 104 cm³/mol. The molecular weight excluding hydrogens is 402 g/mol. The van der Waals surface area contributed by atoms with Gasteiger partial charge in [-0.1, -0.05) is 12.1 Å². The molecule has 0 aliphatic rings. The van der Waals surface area contributed by atoms with E-state index >= 15 is 0 Å². The third-order valence-electron chi connectivity index (χ3n) is 3.88. The molecule has 0 fully saturated rings. The summed E-state index contributed by atoms with van der Waals surface area (Å²) in [5, 5.41) is 4.29. The molecule has 1 aromatic carbocycles. The Bertz CT molecular complexity index is 1200. The van der Waals surface area contributed by atoms with Crippen molar-refractivity contribution in [2.45, 2.75) is 16.7 Å². The Hall–Kier alpha value is -2.76. The fourth-order valence-electron chi connectivity index (χ4n) is 2.53. The summed E-state index contributed by atoms with van der Waals surface area (Å²) < 4.78 is 56.0. The molecule has 3 rings (SSSR count). The summed E-state index contributed by atoms with van der Waals surface area (Å²) in [5.74, 6) is 0.181. The van der Waals surface area contributed by atoms with Gasteiger partial charge in [0, 0.05) is 32.6 Å². The maximum atomic E-state index is 13.0. The molecule has 28 heavy (non-hydrogen) atoms. The van der Waals surface area contributed by atoms with Crippen molar-refractivity contribution in [3.63, 3.8) is 0 Å². The number of aryl methyl sites for hydroxylation is 1. The summed E-state index contributed by atoms with van der Waals surface area (Å²) in [6, 6.07) is 10.4. The first-order valence-corrected chi connectivity index (χ1v) is 11.1. The standard InChI is InChI=1S/C17H19N5O4S2/c1-13-12-17(22(19-13)14-8-10-18-11-9-14)20-27(23,24)15-6-4-5-7-16(15)28(25,26)21(2)3/h4-12,20H,1-3H3. The molecule has 11 heteroatoms. The third kappa shape index (κ3) is 3.77. The molecule has 0 bridgehead atoms. The summed E-state index contributed by atoms with van der Waals surface area (Å²) in [6.07, 6.45) is 3.12. The zero-order valence-corrected chi connectivity index (χ0v) is 17.1. The van der Waals surface area contributed by atoms with Crippen LogP contribution in [0.3, 0.4) is 0 Å². The van der Waals surface area contributed by atoms with Crippen LogP contribution in [0.1, 0.15) is 5.69 Å². The monoisotopic (exact) mass is 421 g/mol. The van der Waals surface area contributed by atoms with Gasteiger partial charge in [-0.2, -0.15) is 5.10 Å². The molecule has 1 N–H and O–H groups in total. The van der Waals surface area contributed by atoms with Crippen molar-refractivity contribution in [1.82, 2.24) is 19.1 Å². The fraction of sp³-hybridized carbons (Fsp3) is 0.176. The van der Waals surface area contributed by atoms with Crippen molar-refractivity contribution in [3.05, 3.63) is 60.6 Å². The van der Waals surface area contributed by atoms with E-state index in [-0.39, 0.29) is 15.6 Å². The molecule has 9 nitrogen and oxygen atoms in total. The minimum Gasteiger partial charge on any atom is -0.265 e. The Morgan fingerprint density at radius 2 is 1.57 bits per heavy atom. The van der Waals surface area contributed by atoms with Crippen molar-refractivity contribution < 1.29 is 16.8 Å². The van der Waals surface area contributed by atoms with Gasteiger partial charge in [0.1, 0.15) is 15.6 Å². The first kappa shape index (κ1) is 20.0. The van der Waals surface area contributed by atoms with Gasteiger partial charge in [0.15, 0.2) is 0 Å². The van der Waals surface area contributed by atoms with Gasteiger partial charge in [0.25, 0.3) is 10.0 Å². The Labute approximate surface area is 163 Å². The molecule has 2 heterocycles. The number of nitrogens with one attached hydrogen (secondary N) is 1. The van der Waals surface area contributed by atoms with Crippen LogP contribution >= 0.6 is 0 Å². The summed E-state index contributed by atoms with van der Waals surface area (Å²) in [4.78, 5) is 3.28. The van der Waals surface area contributed by atoms with Gasteiger partial charge in [-0.3, -0.25) is 9.71 Å². The van der Waals surface area contributed by atoms with Gasteiger partial charge >= 0.3 is 0 Å². The molecule has 0 spiro atoms. The quantitative estimate of drug-likeness (QED) is 0.647. The van der Waals surface area contributed by atoms with Crippen LogP contribution in [0.4, 0.5) is 5.82 Å². The minimum atomic E-state index is -4.21. The molecule has 2 aromatic heterocycles. The second-order valence-electron chi connectivity index (χ2n) is 6.13. The fourth-order valence-corrected chi connectivity index (χ4v) is 5.26. The highest BCUT2D eigenvalue weighted by Gasteiger charge is 2.28. The van der Waals surface area contributed by atoms with Crippen LogP contribution in [-0.2, 0) is 20.0 Å². The van der Waals surface area contributed by atoms with Crippen molar-refractivity contribution in [3.8, 4) is 5.69 Å². The highest BCUT2D eigenvalue weighted by atomic mass is 32.2. The van der Waals surface area contributed by atoms with Crippen LogP contribution in [-0.4, -0.2) is 50.0 Å². The van der Waals surface area contributed by atoms with E-state index in [1.807, 2.05) is 0 Å². The first-order chi connectivity index (χ1) is 13.1. The van der Waals surface area contributed by atoms with Crippen molar-refractivity contribution in [2.75, 3.05) is 18.8 Å². The summed E-state index contributed by atoms with van der Waals surface area (Å²) in [6.45, 7) is 1.72. The molecule has 3 aromatic rings. The summed E-state index contributed by atoms with van der Waals surface area (Å²) >= 11 is 0. The second-order valence-corrected chi connectivity index (χ2v) is 9.90. The van der Waals surface area contributed by atoms with Gasteiger partial charge < -0.3 is 0 Å². The van der Waals surface area contributed by atoms with Gasteiger partial charge in [-0.05, 0) is 31.2 Å². The number of anilines is 1. The second kappa shape index (κ2) is 7.34. The van der Waals surface area contributed by atoms with E-state index in [0.717, 1.165) is 4.31 Å². The third-order valence-corrected chi connectivity index (χ3v) is 7.29. The van der Waals surface area contributed by atoms with Crippen LogP contribution in [0.25, 0.3) is 5.69 Å². The van der Waals surface area contributed by atoms with Crippen LogP contribution in [0.5, 0.6) is 0 Å². The molecule has 0 aliphatic carbocycles. The summed E-state index contributed by atoms with van der Waals surface area (Å²) in [5.41, 5.74) is 1.19. The van der Waals surface area contributed by atoms with E-state index in [9.17, 15) is 16.8 Å². The first-order valence-electron chi connectivity index (χ1n) is 8.14. The molecule has 0 radical (unpaired) electrons. The molecule has 0 amide bonds. The van der Waals surface area contributed by atoms with Crippen LogP contribution in [0.15, 0.2) is 64.6 Å². The van der Waals surface area contributed by atoms with Gasteiger partial charge in [0.05, 0.1) is 11.4 Å². The molecular formula is C17H19N5O4S2. The highest BCUT2D eigenvalue weighted by Crippen LogP contribution is 2.26. The number of hydrogen-bond acceptors (Lipinski definition) is 6. The number of sulfonamides is 2.